The number of hydrogen-bond donors (Lipinski definition) is 0. The van der Waals surface area contributed by atoms with Crippen LogP contribution in [0.25, 0.3) is 11.3 Å². The van der Waals surface area contributed by atoms with Crippen molar-refractivity contribution in [1.82, 2.24) is 9.97 Å². The smallest absolute Gasteiger partial charge is 0.189 e. The van der Waals surface area contributed by atoms with E-state index in [2.05, 4.69) is 20.9 Å². The molecular formula is C18H20N4O2S. The van der Waals surface area contributed by atoms with Crippen LogP contribution in [-0.4, -0.2) is 43.5 Å². The van der Waals surface area contributed by atoms with Gasteiger partial charge in [0, 0.05) is 18.7 Å². The zero-order valence-corrected chi connectivity index (χ0v) is 15.4. The summed E-state index contributed by atoms with van der Waals surface area (Å²) in [7, 11) is 3.19. The average molecular weight is 356 g/mol. The summed E-state index contributed by atoms with van der Waals surface area (Å²) < 4.78 is 10.7. The van der Waals surface area contributed by atoms with Crippen molar-refractivity contribution in [2.45, 2.75) is 18.0 Å². The number of benzene rings is 1. The SMILES string of the molecule is COc1ccc(-c2nc(SC)nc(N3CCCC3)c2C#N)cc1OC. The van der Waals surface area contributed by atoms with Crippen molar-refractivity contribution >= 4 is 17.6 Å². The Morgan fingerprint density at radius 1 is 1.12 bits per heavy atom. The molecule has 0 atom stereocenters. The van der Waals surface area contributed by atoms with Crippen LogP contribution in [0.2, 0.25) is 0 Å². The van der Waals surface area contributed by atoms with Gasteiger partial charge in [-0.3, -0.25) is 0 Å². The summed E-state index contributed by atoms with van der Waals surface area (Å²) in [4.78, 5) is 11.4. The standard InChI is InChI=1S/C18H20N4O2S/c1-23-14-7-6-12(10-15(14)24-2)16-13(11-19)17(21-18(20-16)25-3)22-8-4-5-9-22/h6-7,10H,4-5,8-9H2,1-3H3. The van der Waals surface area contributed by atoms with Crippen LogP contribution in [0.1, 0.15) is 18.4 Å². The van der Waals surface area contributed by atoms with Gasteiger partial charge in [-0.2, -0.15) is 5.26 Å². The molecule has 0 bridgehead atoms. The van der Waals surface area contributed by atoms with Crippen LogP contribution in [0.5, 0.6) is 11.5 Å². The molecule has 3 rings (SSSR count). The fourth-order valence-electron chi connectivity index (χ4n) is 2.97. The Morgan fingerprint density at radius 2 is 1.84 bits per heavy atom. The Bertz CT molecular complexity index is 813. The van der Waals surface area contributed by atoms with Gasteiger partial charge in [-0.1, -0.05) is 11.8 Å². The van der Waals surface area contributed by atoms with Crippen molar-refractivity contribution in [3.8, 4) is 28.8 Å². The first-order valence-corrected chi connectivity index (χ1v) is 9.27. The lowest BCUT2D eigenvalue weighted by Gasteiger charge is -2.20. The van der Waals surface area contributed by atoms with E-state index in [1.54, 1.807) is 14.2 Å². The van der Waals surface area contributed by atoms with Gasteiger partial charge in [0.15, 0.2) is 22.5 Å². The normalized spacial score (nSPS) is 13.6. The van der Waals surface area contributed by atoms with Crippen molar-refractivity contribution in [3.05, 3.63) is 23.8 Å². The van der Waals surface area contributed by atoms with Gasteiger partial charge in [0.05, 0.1) is 19.9 Å². The molecule has 0 unspecified atom stereocenters. The summed E-state index contributed by atoms with van der Waals surface area (Å²) in [6, 6.07) is 7.87. The minimum atomic E-state index is 0.506. The van der Waals surface area contributed by atoms with Crippen LogP contribution < -0.4 is 14.4 Å². The predicted octanol–water partition coefficient (Wildman–Crippen LogP) is 3.35. The number of methoxy groups -OCH3 is 2. The molecule has 130 valence electrons. The van der Waals surface area contributed by atoms with E-state index in [4.69, 9.17) is 9.47 Å². The molecule has 1 fully saturated rings. The third-order valence-electron chi connectivity index (χ3n) is 4.23. The summed E-state index contributed by atoms with van der Waals surface area (Å²) in [6.07, 6.45) is 4.18. The van der Waals surface area contributed by atoms with E-state index < -0.39 is 0 Å². The van der Waals surface area contributed by atoms with Gasteiger partial charge >= 0.3 is 0 Å². The summed E-state index contributed by atoms with van der Waals surface area (Å²) in [5.74, 6) is 1.98. The third kappa shape index (κ3) is 3.35. The number of nitriles is 1. The van der Waals surface area contributed by atoms with Crippen molar-refractivity contribution in [2.75, 3.05) is 38.5 Å². The average Bonchev–Trinajstić information content (AvgIpc) is 3.20. The Kier molecular flexibility index (Phi) is 5.29. The number of anilines is 1. The molecule has 0 saturated carbocycles. The van der Waals surface area contributed by atoms with Crippen molar-refractivity contribution in [3.63, 3.8) is 0 Å². The summed E-state index contributed by atoms with van der Waals surface area (Å²) in [6.45, 7) is 1.84. The molecule has 25 heavy (non-hydrogen) atoms. The number of hydrogen-bond acceptors (Lipinski definition) is 7. The molecule has 0 spiro atoms. The van der Waals surface area contributed by atoms with E-state index in [9.17, 15) is 5.26 Å². The maximum Gasteiger partial charge on any atom is 0.189 e. The minimum Gasteiger partial charge on any atom is -0.493 e. The molecule has 0 amide bonds. The quantitative estimate of drug-likeness (QED) is 0.601. The molecule has 0 N–H and O–H groups in total. The highest BCUT2D eigenvalue weighted by atomic mass is 32.2. The molecule has 1 aliphatic rings. The van der Waals surface area contributed by atoms with E-state index in [1.807, 2.05) is 24.5 Å². The molecule has 7 heteroatoms. The van der Waals surface area contributed by atoms with Crippen LogP contribution in [0.4, 0.5) is 5.82 Å². The topological polar surface area (TPSA) is 71.3 Å². The van der Waals surface area contributed by atoms with Gasteiger partial charge in [-0.05, 0) is 37.3 Å². The number of nitrogens with zero attached hydrogens (tertiary/aromatic N) is 4. The third-order valence-corrected chi connectivity index (χ3v) is 4.77. The monoisotopic (exact) mass is 356 g/mol. The van der Waals surface area contributed by atoms with E-state index >= 15 is 0 Å². The van der Waals surface area contributed by atoms with Crippen molar-refractivity contribution < 1.29 is 9.47 Å². The predicted molar refractivity (Wildman–Crippen MR) is 98.5 cm³/mol. The van der Waals surface area contributed by atoms with Gasteiger partial charge in [0.25, 0.3) is 0 Å². The largest absolute Gasteiger partial charge is 0.493 e. The lowest BCUT2D eigenvalue weighted by Crippen LogP contribution is -2.21. The molecule has 1 aromatic heterocycles. The molecule has 6 nitrogen and oxygen atoms in total. The van der Waals surface area contributed by atoms with Gasteiger partial charge < -0.3 is 14.4 Å². The maximum atomic E-state index is 9.79. The Hall–Kier alpha value is -2.46. The second-order valence-electron chi connectivity index (χ2n) is 5.63. The number of rotatable bonds is 5. The fourth-order valence-corrected chi connectivity index (χ4v) is 3.33. The molecule has 1 saturated heterocycles. The van der Waals surface area contributed by atoms with Crippen LogP contribution in [-0.2, 0) is 0 Å². The summed E-state index contributed by atoms with van der Waals surface area (Å²) in [5, 5.41) is 10.5. The highest BCUT2D eigenvalue weighted by Gasteiger charge is 2.23. The number of ether oxygens (including phenoxy) is 2. The van der Waals surface area contributed by atoms with E-state index in [0.717, 1.165) is 37.3 Å². The van der Waals surface area contributed by atoms with Crippen molar-refractivity contribution in [1.29, 1.82) is 5.26 Å². The lowest BCUT2D eigenvalue weighted by atomic mass is 10.1. The van der Waals surface area contributed by atoms with Gasteiger partial charge in [0.1, 0.15) is 11.6 Å². The minimum absolute atomic E-state index is 0.506. The zero-order chi connectivity index (χ0) is 17.8. The summed E-state index contributed by atoms with van der Waals surface area (Å²) >= 11 is 1.47. The van der Waals surface area contributed by atoms with Gasteiger partial charge in [0.2, 0.25) is 0 Å². The Morgan fingerprint density at radius 3 is 2.44 bits per heavy atom. The molecule has 0 radical (unpaired) electrons. The van der Waals surface area contributed by atoms with Crippen LogP contribution in [0.15, 0.2) is 23.4 Å². The number of thioether (sulfide) groups is 1. The highest BCUT2D eigenvalue weighted by Crippen LogP contribution is 2.36. The Balaban J connectivity index is 2.18. The first kappa shape index (κ1) is 17.4. The summed E-state index contributed by atoms with van der Waals surface area (Å²) in [5.41, 5.74) is 1.95. The van der Waals surface area contributed by atoms with E-state index in [-0.39, 0.29) is 0 Å². The molecule has 2 aromatic rings. The fraction of sp³-hybridized carbons (Fsp3) is 0.389. The first-order valence-electron chi connectivity index (χ1n) is 8.05. The second-order valence-corrected chi connectivity index (χ2v) is 6.41. The molecule has 0 aliphatic carbocycles. The highest BCUT2D eigenvalue weighted by molar-refractivity contribution is 7.98. The van der Waals surface area contributed by atoms with E-state index in [1.165, 1.54) is 11.8 Å². The van der Waals surface area contributed by atoms with E-state index in [0.29, 0.717) is 27.9 Å². The zero-order valence-electron chi connectivity index (χ0n) is 14.6. The second kappa shape index (κ2) is 7.62. The van der Waals surface area contributed by atoms with Crippen molar-refractivity contribution in [2.24, 2.45) is 0 Å². The Labute approximate surface area is 151 Å². The van der Waals surface area contributed by atoms with Crippen LogP contribution in [0.3, 0.4) is 0 Å². The van der Waals surface area contributed by atoms with Crippen LogP contribution in [0, 0.1) is 11.3 Å². The lowest BCUT2D eigenvalue weighted by molar-refractivity contribution is 0.355. The molecule has 2 heterocycles. The number of aromatic nitrogens is 2. The molecule has 1 aromatic carbocycles. The van der Waals surface area contributed by atoms with Gasteiger partial charge in [-0.25, -0.2) is 9.97 Å². The first-order chi connectivity index (χ1) is 12.2. The maximum absolute atomic E-state index is 9.79. The van der Waals surface area contributed by atoms with Gasteiger partial charge in [-0.15, -0.1) is 0 Å². The van der Waals surface area contributed by atoms with Crippen LogP contribution >= 0.6 is 11.8 Å². The molecular weight excluding hydrogens is 336 g/mol. The molecule has 1 aliphatic heterocycles.